The molecule has 3 nitrogen and oxygen atoms in total. The maximum atomic E-state index is 11.8. The molecule has 0 N–H and O–H groups in total. The van der Waals surface area contributed by atoms with Crippen LogP contribution in [-0.4, -0.2) is 19.2 Å². The predicted molar refractivity (Wildman–Crippen MR) is 56.0 cm³/mol. The van der Waals surface area contributed by atoms with Gasteiger partial charge in [-0.3, -0.25) is 4.79 Å². The average molecular weight is 206 g/mol. The Bertz CT molecular complexity index is 350. The SMILES string of the molecule is CC1=CC=CC=C2OCCCOC(=O)C12. The molecule has 1 atom stereocenters. The number of rotatable bonds is 0. The summed E-state index contributed by atoms with van der Waals surface area (Å²) >= 11 is 0. The molecule has 0 aromatic rings. The summed E-state index contributed by atoms with van der Waals surface area (Å²) in [5.41, 5.74) is 0.960. The van der Waals surface area contributed by atoms with Crippen LogP contribution in [-0.2, 0) is 14.3 Å². The van der Waals surface area contributed by atoms with Gasteiger partial charge in [0.25, 0.3) is 0 Å². The van der Waals surface area contributed by atoms with E-state index in [-0.39, 0.29) is 11.9 Å². The van der Waals surface area contributed by atoms with Gasteiger partial charge in [-0.2, -0.15) is 0 Å². The van der Waals surface area contributed by atoms with Crippen molar-refractivity contribution in [2.75, 3.05) is 13.2 Å². The van der Waals surface area contributed by atoms with Gasteiger partial charge in [0.1, 0.15) is 11.7 Å². The van der Waals surface area contributed by atoms with E-state index in [0.717, 1.165) is 12.0 Å². The summed E-state index contributed by atoms with van der Waals surface area (Å²) in [6.07, 6.45) is 8.30. The van der Waals surface area contributed by atoms with Crippen molar-refractivity contribution in [2.45, 2.75) is 13.3 Å². The maximum absolute atomic E-state index is 11.8. The van der Waals surface area contributed by atoms with Crippen molar-refractivity contribution in [3.05, 3.63) is 35.6 Å². The van der Waals surface area contributed by atoms with Crippen molar-refractivity contribution in [3.63, 3.8) is 0 Å². The lowest BCUT2D eigenvalue weighted by Gasteiger charge is -2.22. The Morgan fingerprint density at radius 1 is 1.20 bits per heavy atom. The molecular weight excluding hydrogens is 192 g/mol. The number of cyclic esters (lactones) is 1. The fraction of sp³-hybridized carbons (Fsp3) is 0.417. The molecule has 2 rings (SSSR count). The van der Waals surface area contributed by atoms with Crippen LogP contribution in [0, 0.1) is 5.92 Å². The minimum absolute atomic E-state index is 0.210. The molecule has 1 aliphatic carbocycles. The van der Waals surface area contributed by atoms with Crippen molar-refractivity contribution in [1.29, 1.82) is 0 Å². The van der Waals surface area contributed by atoms with Crippen LogP contribution in [0.5, 0.6) is 0 Å². The van der Waals surface area contributed by atoms with E-state index in [0.29, 0.717) is 19.0 Å². The van der Waals surface area contributed by atoms with E-state index in [1.807, 2.05) is 31.2 Å². The Balaban J connectivity index is 2.32. The Kier molecular flexibility index (Phi) is 2.90. The van der Waals surface area contributed by atoms with Gasteiger partial charge in [-0.1, -0.05) is 23.8 Å². The highest BCUT2D eigenvalue weighted by Crippen LogP contribution is 2.26. The van der Waals surface area contributed by atoms with E-state index < -0.39 is 0 Å². The molecular formula is C12H14O3. The molecule has 0 saturated carbocycles. The summed E-state index contributed by atoms with van der Waals surface area (Å²) in [6.45, 7) is 2.97. The highest BCUT2D eigenvalue weighted by Gasteiger charge is 2.29. The van der Waals surface area contributed by atoms with Crippen LogP contribution < -0.4 is 0 Å². The van der Waals surface area contributed by atoms with Gasteiger partial charge >= 0.3 is 5.97 Å². The van der Waals surface area contributed by atoms with Crippen molar-refractivity contribution >= 4 is 5.97 Å². The van der Waals surface area contributed by atoms with E-state index >= 15 is 0 Å². The van der Waals surface area contributed by atoms with Crippen LogP contribution in [0.25, 0.3) is 0 Å². The molecule has 0 amide bonds. The lowest BCUT2D eigenvalue weighted by atomic mass is 9.98. The Morgan fingerprint density at radius 3 is 2.80 bits per heavy atom. The molecule has 1 saturated heterocycles. The van der Waals surface area contributed by atoms with Gasteiger partial charge in [-0.05, 0) is 13.0 Å². The van der Waals surface area contributed by atoms with Gasteiger partial charge in [-0.25, -0.2) is 0 Å². The summed E-state index contributed by atoms with van der Waals surface area (Å²) in [5.74, 6) is 0.126. The molecule has 3 heteroatoms. The molecule has 0 aromatic heterocycles. The third-order valence-corrected chi connectivity index (χ3v) is 2.51. The van der Waals surface area contributed by atoms with E-state index in [4.69, 9.17) is 9.47 Å². The largest absolute Gasteiger partial charge is 0.497 e. The molecule has 0 radical (unpaired) electrons. The number of ether oxygens (including phenoxy) is 2. The quantitative estimate of drug-likeness (QED) is 0.568. The normalized spacial score (nSPS) is 25.9. The number of hydrogen-bond donors (Lipinski definition) is 0. The molecule has 1 fully saturated rings. The first-order chi connectivity index (χ1) is 7.29. The minimum Gasteiger partial charge on any atom is -0.497 e. The van der Waals surface area contributed by atoms with Gasteiger partial charge in [0.15, 0.2) is 0 Å². The van der Waals surface area contributed by atoms with E-state index in [1.54, 1.807) is 0 Å². The molecule has 2 aliphatic rings. The molecule has 80 valence electrons. The zero-order chi connectivity index (χ0) is 10.7. The van der Waals surface area contributed by atoms with Crippen LogP contribution in [0.3, 0.4) is 0 Å². The Morgan fingerprint density at radius 2 is 1.93 bits per heavy atom. The molecule has 0 aromatic carbocycles. The number of carbonyl (C=O) groups excluding carboxylic acids is 1. The van der Waals surface area contributed by atoms with E-state index in [1.165, 1.54) is 0 Å². The number of carbonyl (C=O) groups is 1. The summed E-state index contributed by atoms with van der Waals surface area (Å²) in [5, 5.41) is 0. The second-order valence-electron chi connectivity index (χ2n) is 3.67. The van der Waals surface area contributed by atoms with E-state index in [9.17, 15) is 4.79 Å². The van der Waals surface area contributed by atoms with Gasteiger partial charge in [0, 0.05) is 6.42 Å². The van der Waals surface area contributed by atoms with Crippen molar-refractivity contribution in [1.82, 2.24) is 0 Å². The summed E-state index contributed by atoms with van der Waals surface area (Å²) in [7, 11) is 0. The third-order valence-electron chi connectivity index (χ3n) is 2.51. The lowest BCUT2D eigenvalue weighted by Crippen LogP contribution is -2.25. The third kappa shape index (κ3) is 2.12. The topological polar surface area (TPSA) is 35.5 Å². The highest BCUT2D eigenvalue weighted by molar-refractivity contribution is 5.79. The minimum atomic E-state index is -0.361. The zero-order valence-corrected chi connectivity index (χ0v) is 8.73. The predicted octanol–water partition coefficient (Wildman–Crippen LogP) is 1.97. The second-order valence-corrected chi connectivity index (χ2v) is 3.67. The zero-order valence-electron chi connectivity index (χ0n) is 8.73. The number of fused-ring (bicyclic) bond motifs is 1. The maximum Gasteiger partial charge on any atom is 0.320 e. The first-order valence-corrected chi connectivity index (χ1v) is 5.13. The first kappa shape index (κ1) is 10.0. The monoisotopic (exact) mass is 206 g/mol. The molecule has 1 heterocycles. The van der Waals surface area contributed by atoms with Crippen LogP contribution >= 0.6 is 0 Å². The molecule has 15 heavy (non-hydrogen) atoms. The number of allylic oxidation sites excluding steroid dienone is 4. The standard InChI is InChI=1S/C12H14O3/c1-9-5-2-3-6-10-11(9)12(13)15-8-4-7-14-10/h2-3,5-6,11H,4,7-8H2,1H3. The average Bonchev–Trinajstić information content (AvgIpc) is 2.36. The Hall–Kier alpha value is -1.51. The molecule has 1 aliphatic heterocycles. The van der Waals surface area contributed by atoms with Crippen LogP contribution in [0.2, 0.25) is 0 Å². The Labute approximate surface area is 89.1 Å². The second kappa shape index (κ2) is 4.34. The van der Waals surface area contributed by atoms with Crippen LogP contribution in [0.1, 0.15) is 13.3 Å². The molecule has 0 bridgehead atoms. The number of hydrogen-bond acceptors (Lipinski definition) is 3. The molecule has 1 unspecified atom stereocenters. The lowest BCUT2D eigenvalue weighted by molar-refractivity contribution is -0.149. The van der Waals surface area contributed by atoms with Crippen LogP contribution in [0.15, 0.2) is 35.6 Å². The summed E-state index contributed by atoms with van der Waals surface area (Å²) in [6, 6.07) is 0. The van der Waals surface area contributed by atoms with Gasteiger partial charge in [0.2, 0.25) is 0 Å². The summed E-state index contributed by atoms with van der Waals surface area (Å²) in [4.78, 5) is 11.8. The van der Waals surface area contributed by atoms with Gasteiger partial charge < -0.3 is 9.47 Å². The van der Waals surface area contributed by atoms with E-state index in [2.05, 4.69) is 0 Å². The fourth-order valence-electron chi connectivity index (χ4n) is 1.71. The van der Waals surface area contributed by atoms with Crippen molar-refractivity contribution < 1.29 is 14.3 Å². The van der Waals surface area contributed by atoms with Crippen molar-refractivity contribution in [3.8, 4) is 0 Å². The van der Waals surface area contributed by atoms with Crippen molar-refractivity contribution in [2.24, 2.45) is 5.92 Å². The highest BCUT2D eigenvalue weighted by atomic mass is 16.5. The smallest absolute Gasteiger partial charge is 0.320 e. The van der Waals surface area contributed by atoms with Crippen LogP contribution in [0.4, 0.5) is 0 Å². The first-order valence-electron chi connectivity index (χ1n) is 5.13. The van der Waals surface area contributed by atoms with Gasteiger partial charge in [0.05, 0.1) is 13.2 Å². The molecule has 0 spiro atoms. The summed E-state index contributed by atoms with van der Waals surface area (Å²) < 4.78 is 10.7. The van der Waals surface area contributed by atoms with Gasteiger partial charge in [-0.15, -0.1) is 0 Å². The number of esters is 1. The fourth-order valence-corrected chi connectivity index (χ4v) is 1.71.